The Balaban J connectivity index is 1.65. The Kier molecular flexibility index (Phi) is 6.49. The minimum absolute atomic E-state index is 0.467. The van der Waals surface area contributed by atoms with Crippen molar-refractivity contribution < 1.29 is 18.0 Å². The number of aromatic nitrogens is 2. The van der Waals surface area contributed by atoms with Crippen molar-refractivity contribution in [2.45, 2.75) is 32.0 Å². The van der Waals surface area contributed by atoms with Crippen LogP contribution in [0, 0.1) is 0 Å². The van der Waals surface area contributed by atoms with Crippen molar-refractivity contribution in [2.75, 3.05) is 26.2 Å². The first-order valence-electron chi connectivity index (χ1n) is 9.07. The average Bonchev–Trinajstić information content (AvgIpc) is 3.34. The summed E-state index contributed by atoms with van der Waals surface area (Å²) in [7, 11) is 0. The molecule has 0 N–H and O–H groups in total. The minimum Gasteiger partial charge on any atom is -0.394 e. The molecule has 1 aromatic carbocycles. The number of hydrogen-bond donors (Lipinski definition) is 0. The lowest BCUT2D eigenvalue weighted by molar-refractivity contribution is -0.137. The molecule has 1 aliphatic heterocycles. The summed E-state index contributed by atoms with van der Waals surface area (Å²) in [6.45, 7) is 4.06. The topological polar surface area (TPSA) is 42.6 Å². The first kappa shape index (κ1) is 19.4. The molecule has 1 aromatic heterocycles. The van der Waals surface area contributed by atoms with Gasteiger partial charge in [-0.05, 0) is 43.6 Å². The largest absolute Gasteiger partial charge is 0.416 e. The zero-order valence-electron chi connectivity index (χ0n) is 15.0. The molecule has 0 aliphatic carbocycles. The summed E-state index contributed by atoms with van der Waals surface area (Å²) < 4.78 is 40.2. The van der Waals surface area contributed by atoms with E-state index in [4.69, 9.17) is 4.84 Å². The summed E-state index contributed by atoms with van der Waals surface area (Å²) >= 11 is 0. The molecule has 1 aliphatic rings. The van der Waals surface area contributed by atoms with Crippen molar-refractivity contribution in [3.8, 4) is 0 Å². The van der Waals surface area contributed by atoms with E-state index in [-0.39, 0.29) is 0 Å². The maximum atomic E-state index is 12.8. The summed E-state index contributed by atoms with van der Waals surface area (Å²) in [6, 6.07) is 5.04. The van der Waals surface area contributed by atoms with E-state index in [0.29, 0.717) is 30.8 Å². The van der Waals surface area contributed by atoms with Gasteiger partial charge in [0.25, 0.3) is 0 Å². The second-order valence-electron chi connectivity index (χ2n) is 6.55. The van der Waals surface area contributed by atoms with E-state index < -0.39 is 11.7 Å². The van der Waals surface area contributed by atoms with Gasteiger partial charge in [0.1, 0.15) is 6.61 Å². The van der Waals surface area contributed by atoms with Crippen molar-refractivity contribution in [2.24, 2.45) is 5.16 Å². The predicted molar refractivity (Wildman–Crippen MR) is 96.5 cm³/mol. The Morgan fingerprint density at radius 3 is 2.48 bits per heavy atom. The molecule has 3 rings (SSSR count). The van der Waals surface area contributed by atoms with E-state index >= 15 is 0 Å². The molecule has 146 valence electrons. The molecule has 0 atom stereocenters. The number of hydrogen-bond acceptors (Lipinski definition) is 4. The fraction of sp³-hybridized carbons (Fsp3) is 0.474. The van der Waals surface area contributed by atoms with E-state index in [0.717, 1.165) is 31.8 Å². The number of halogens is 3. The molecule has 0 saturated carbocycles. The summed E-state index contributed by atoms with van der Waals surface area (Å²) in [5.74, 6) is 0. The Morgan fingerprint density at radius 2 is 1.85 bits per heavy atom. The molecule has 5 nitrogen and oxygen atoms in total. The normalized spacial score (nSPS) is 16.0. The van der Waals surface area contributed by atoms with Crippen LogP contribution in [0.4, 0.5) is 13.2 Å². The minimum atomic E-state index is -4.35. The molecular weight excluding hydrogens is 357 g/mol. The van der Waals surface area contributed by atoms with Gasteiger partial charge in [0.2, 0.25) is 0 Å². The van der Waals surface area contributed by atoms with Crippen LogP contribution >= 0.6 is 0 Å². The van der Waals surface area contributed by atoms with Crippen LogP contribution in [0.25, 0.3) is 0 Å². The highest BCUT2D eigenvalue weighted by Gasteiger charge is 2.30. The van der Waals surface area contributed by atoms with Gasteiger partial charge >= 0.3 is 6.18 Å². The lowest BCUT2D eigenvalue weighted by atomic mass is 10.1. The number of aryl methyl sites for hydroxylation is 1. The van der Waals surface area contributed by atoms with E-state index in [2.05, 4.69) is 15.0 Å². The molecular formula is C19H23F3N4O. The zero-order valence-corrected chi connectivity index (χ0v) is 15.0. The predicted octanol–water partition coefficient (Wildman–Crippen LogP) is 3.81. The van der Waals surface area contributed by atoms with Crippen LogP contribution in [0.1, 0.15) is 30.4 Å². The highest BCUT2D eigenvalue weighted by molar-refractivity contribution is 6.00. The maximum absolute atomic E-state index is 12.8. The average molecular weight is 380 g/mol. The van der Waals surface area contributed by atoms with Crippen LogP contribution in [-0.4, -0.2) is 46.4 Å². The van der Waals surface area contributed by atoms with Crippen LogP contribution < -0.4 is 0 Å². The van der Waals surface area contributed by atoms with Crippen LogP contribution in [0.5, 0.6) is 0 Å². The first-order valence-corrected chi connectivity index (χ1v) is 9.07. The van der Waals surface area contributed by atoms with E-state index in [9.17, 15) is 13.2 Å². The van der Waals surface area contributed by atoms with Crippen LogP contribution in [0.2, 0.25) is 0 Å². The number of likely N-dealkylation sites (tertiary alicyclic amines) is 1. The molecule has 1 fully saturated rings. The van der Waals surface area contributed by atoms with Gasteiger partial charge in [-0.15, -0.1) is 0 Å². The third kappa shape index (κ3) is 5.82. The number of imidazole rings is 1. The van der Waals surface area contributed by atoms with Crippen LogP contribution in [0.15, 0.2) is 48.1 Å². The molecule has 0 amide bonds. The molecule has 8 heteroatoms. The van der Waals surface area contributed by atoms with Crippen molar-refractivity contribution >= 4 is 5.71 Å². The van der Waals surface area contributed by atoms with Gasteiger partial charge in [-0.3, -0.25) is 4.90 Å². The Morgan fingerprint density at radius 1 is 1.11 bits per heavy atom. The highest BCUT2D eigenvalue weighted by atomic mass is 19.4. The van der Waals surface area contributed by atoms with E-state index in [1.807, 2.05) is 10.8 Å². The van der Waals surface area contributed by atoms with E-state index in [1.54, 1.807) is 12.5 Å². The number of alkyl halides is 3. The second kappa shape index (κ2) is 9.03. The second-order valence-corrected chi connectivity index (χ2v) is 6.55. The first-order chi connectivity index (χ1) is 13.0. The molecule has 1 saturated heterocycles. The van der Waals surface area contributed by atoms with Crippen molar-refractivity contribution in [1.82, 2.24) is 14.5 Å². The molecule has 0 unspecified atom stereocenters. The highest BCUT2D eigenvalue weighted by Crippen LogP contribution is 2.29. The molecule has 0 radical (unpaired) electrons. The SMILES string of the molecule is FC(F)(F)c1ccc(C(CCn2ccnc2)=NOCCN2CCCC2)cc1. The molecule has 27 heavy (non-hydrogen) atoms. The summed E-state index contributed by atoms with van der Waals surface area (Å²) in [5.41, 5.74) is 0.582. The zero-order chi connectivity index (χ0) is 19.1. The van der Waals surface area contributed by atoms with Gasteiger partial charge in [-0.1, -0.05) is 17.3 Å². The number of oxime groups is 1. The standard InChI is InChI=1S/C19H23F3N4O/c20-19(21,22)17-5-3-16(4-6-17)18(7-11-26-12-8-23-15-26)24-27-14-13-25-9-1-2-10-25/h3-6,8,12,15H,1-2,7,9-11,13-14H2. The third-order valence-corrected chi connectivity index (χ3v) is 4.58. The van der Waals surface area contributed by atoms with Crippen molar-refractivity contribution in [1.29, 1.82) is 0 Å². The monoisotopic (exact) mass is 380 g/mol. The molecule has 2 heterocycles. The number of nitrogens with zero attached hydrogens (tertiary/aromatic N) is 4. The van der Waals surface area contributed by atoms with Gasteiger partial charge in [0.05, 0.1) is 17.6 Å². The van der Waals surface area contributed by atoms with Gasteiger partial charge in [-0.25, -0.2) is 4.98 Å². The summed E-state index contributed by atoms with van der Waals surface area (Å²) in [5, 5.41) is 4.22. The molecule has 0 bridgehead atoms. The Labute approximate surface area is 156 Å². The summed E-state index contributed by atoms with van der Waals surface area (Å²) in [6.07, 6.45) is 3.82. The Hall–Kier alpha value is -2.35. The molecule has 0 spiro atoms. The van der Waals surface area contributed by atoms with Gasteiger partial charge < -0.3 is 9.40 Å². The number of rotatable bonds is 8. The quantitative estimate of drug-likeness (QED) is 0.397. The van der Waals surface area contributed by atoms with Gasteiger partial charge in [0.15, 0.2) is 0 Å². The lowest BCUT2D eigenvalue weighted by Gasteiger charge is -2.14. The Bertz CT molecular complexity index is 720. The van der Waals surface area contributed by atoms with Crippen LogP contribution in [-0.2, 0) is 17.6 Å². The fourth-order valence-electron chi connectivity index (χ4n) is 3.05. The third-order valence-electron chi connectivity index (χ3n) is 4.58. The van der Waals surface area contributed by atoms with Gasteiger partial charge in [0, 0.05) is 31.9 Å². The van der Waals surface area contributed by atoms with Crippen LogP contribution in [0.3, 0.4) is 0 Å². The summed E-state index contributed by atoms with van der Waals surface area (Å²) in [4.78, 5) is 11.8. The van der Waals surface area contributed by atoms with E-state index in [1.165, 1.54) is 25.0 Å². The smallest absolute Gasteiger partial charge is 0.394 e. The fourth-order valence-corrected chi connectivity index (χ4v) is 3.05. The maximum Gasteiger partial charge on any atom is 0.416 e. The van der Waals surface area contributed by atoms with Crippen molar-refractivity contribution in [3.05, 3.63) is 54.1 Å². The lowest BCUT2D eigenvalue weighted by Crippen LogP contribution is -2.23. The van der Waals surface area contributed by atoms with Crippen molar-refractivity contribution in [3.63, 3.8) is 0 Å². The molecule has 2 aromatic rings. The number of benzene rings is 1. The van der Waals surface area contributed by atoms with Gasteiger partial charge in [-0.2, -0.15) is 13.2 Å².